The molecule has 2 heterocycles. The van der Waals surface area contributed by atoms with Gasteiger partial charge in [0.1, 0.15) is 11.5 Å². The van der Waals surface area contributed by atoms with Crippen molar-refractivity contribution in [1.82, 2.24) is 4.90 Å². The van der Waals surface area contributed by atoms with Gasteiger partial charge in [-0.05, 0) is 61.9 Å². The number of likely N-dealkylation sites (N-methyl/N-ethyl adjacent to an activating group) is 2. The average molecular weight is 352 g/mol. The molecule has 0 amide bonds. The maximum absolute atomic E-state index is 12.2. The Morgan fingerprint density at radius 1 is 1.12 bits per heavy atom. The molecule has 26 heavy (non-hydrogen) atoms. The first-order chi connectivity index (χ1) is 12.4. The number of fused-ring (bicyclic) bond motifs is 3. The molecule has 0 aromatic heterocycles. The second-order valence-corrected chi connectivity index (χ2v) is 7.58. The van der Waals surface area contributed by atoms with Gasteiger partial charge in [0.15, 0.2) is 0 Å². The fourth-order valence-corrected chi connectivity index (χ4v) is 4.51. The number of likely N-dealkylation sites (tertiary alicyclic amines) is 1. The molecule has 2 aromatic carbocycles. The predicted octanol–water partition coefficient (Wildman–Crippen LogP) is 3.94. The van der Waals surface area contributed by atoms with Crippen molar-refractivity contribution < 1.29 is 14.3 Å². The number of benzene rings is 2. The van der Waals surface area contributed by atoms with Gasteiger partial charge < -0.3 is 14.4 Å². The Balaban J connectivity index is 1.55. The minimum atomic E-state index is -0.716. The quantitative estimate of drug-likeness (QED) is 0.605. The number of ether oxygens (including phenoxy) is 2. The molecule has 0 radical (unpaired) electrons. The number of anilines is 1. The van der Waals surface area contributed by atoms with Crippen molar-refractivity contribution in [3.63, 3.8) is 0 Å². The molecule has 0 saturated carbocycles. The van der Waals surface area contributed by atoms with Gasteiger partial charge in [-0.25, -0.2) is 4.79 Å². The highest BCUT2D eigenvalue weighted by Crippen LogP contribution is 2.51. The van der Waals surface area contributed by atoms with Crippen LogP contribution >= 0.6 is 0 Å². The normalized spacial score (nSPS) is 24.3. The Morgan fingerprint density at radius 2 is 1.85 bits per heavy atom. The third-order valence-corrected chi connectivity index (χ3v) is 5.69. The Bertz CT molecular complexity index is 866. The van der Waals surface area contributed by atoms with E-state index < -0.39 is 6.16 Å². The van der Waals surface area contributed by atoms with E-state index >= 15 is 0 Å². The van der Waals surface area contributed by atoms with Crippen molar-refractivity contribution in [2.75, 3.05) is 25.5 Å². The maximum atomic E-state index is 12.2. The van der Waals surface area contributed by atoms with Gasteiger partial charge in [0.2, 0.25) is 0 Å². The Labute approximate surface area is 154 Å². The number of aryl methyl sites for hydroxylation is 1. The number of hydrogen-bond donors (Lipinski definition) is 0. The highest BCUT2D eigenvalue weighted by Gasteiger charge is 2.52. The lowest BCUT2D eigenvalue weighted by Gasteiger charge is -2.32. The molecule has 2 aliphatic rings. The highest BCUT2D eigenvalue weighted by molar-refractivity contribution is 5.70. The van der Waals surface area contributed by atoms with Crippen LogP contribution in [0.2, 0.25) is 0 Å². The molecule has 0 bridgehead atoms. The maximum Gasteiger partial charge on any atom is 0.519 e. The molecule has 1 unspecified atom stereocenters. The molecule has 1 fully saturated rings. The van der Waals surface area contributed by atoms with Crippen LogP contribution in [0.15, 0.2) is 42.5 Å². The summed E-state index contributed by atoms with van der Waals surface area (Å²) in [4.78, 5) is 16.9. The van der Waals surface area contributed by atoms with Gasteiger partial charge in [0.25, 0.3) is 0 Å². The number of nitrogens with zero attached hydrogens (tertiary/aromatic N) is 2. The summed E-state index contributed by atoms with van der Waals surface area (Å²) in [5.74, 6) is 1.01. The summed E-state index contributed by atoms with van der Waals surface area (Å²) in [6, 6.07) is 13.2. The minimum Gasteiger partial charge on any atom is -0.395 e. The van der Waals surface area contributed by atoms with E-state index in [0.717, 1.165) is 18.5 Å². The molecule has 5 nitrogen and oxygen atoms in total. The van der Waals surface area contributed by atoms with Crippen LogP contribution in [-0.4, -0.2) is 37.9 Å². The molecule has 2 aromatic rings. The van der Waals surface area contributed by atoms with E-state index in [0.29, 0.717) is 17.7 Å². The summed E-state index contributed by atoms with van der Waals surface area (Å²) in [7, 11) is 4.29. The molecule has 2 atom stereocenters. The zero-order valence-electron chi connectivity index (χ0n) is 15.7. The lowest BCUT2D eigenvalue weighted by atomic mass is 9.81. The van der Waals surface area contributed by atoms with Gasteiger partial charge >= 0.3 is 6.16 Å². The molecule has 4 rings (SSSR count). The van der Waals surface area contributed by atoms with Crippen LogP contribution in [0.1, 0.15) is 24.5 Å². The predicted molar refractivity (Wildman–Crippen MR) is 101 cm³/mol. The van der Waals surface area contributed by atoms with Crippen LogP contribution in [0.5, 0.6) is 11.5 Å². The van der Waals surface area contributed by atoms with Crippen molar-refractivity contribution in [3.05, 3.63) is 53.6 Å². The topological polar surface area (TPSA) is 42.0 Å². The van der Waals surface area contributed by atoms with Gasteiger partial charge in [-0.15, -0.1) is 0 Å². The number of hydrogen-bond acceptors (Lipinski definition) is 5. The van der Waals surface area contributed by atoms with Gasteiger partial charge in [-0.2, -0.15) is 0 Å². The second-order valence-electron chi connectivity index (χ2n) is 7.58. The zero-order valence-corrected chi connectivity index (χ0v) is 15.7. The molecule has 2 aliphatic heterocycles. The first-order valence-electron chi connectivity index (χ1n) is 8.92. The molecular formula is C21H24N2O3. The SMILES string of the molecule is Cc1cccc(OC(=O)Oc2ccc3c(c2)[C@]2(C)CCN(C)C2N3C)c1. The first-order valence-corrected chi connectivity index (χ1v) is 8.92. The Hall–Kier alpha value is -2.53. The van der Waals surface area contributed by atoms with Crippen molar-refractivity contribution in [2.24, 2.45) is 0 Å². The molecule has 0 N–H and O–H groups in total. The summed E-state index contributed by atoms with van der Waals surface area (Å²) in [5.41, 5.74) is 3.50. The number of rotatable bonds is 2. The van der Waals surface area contributed by atoms with Crippen LogP contribution < -0.4 is 14.4 Å². The van der Waals surface area contributed by atoms with E-state index in [4.69, 9.17) is 9.47 Å². The molecule has 0 aliphatic carbocycles. The van der Waals surface area contributed by atoms with Crippen LogP contribution in [0.4, 0.5) is 10.5 Å². The van der Waals surface area contributed by atoms with Crippen molar-refractivity contribution in [1.29, 1.82) is 0 Å². The third-order valence-electron chi connectivity index (χ3n) is 5.69. The molecule has 0 spiro atoms. The molecular weight excluding hydrogens is 328 g/mol. The monoisotopic (exact) mass is 352 g/mol. The summed E-state index contributed by atoms with van der Waals surface area (Å²) in [6.07, 6.45) is 0.710. The Morgan fingerprint density at radius 3 is 2.58 bits per heavy atom. The largest absolute Gasteiger partial charge is 0.519 e. The average Bonchev–Trinajstić information content (AvgIpc) is 3.00. The first kappa shape index (κ1) is 16.9. The van der Waals surface area contributed by atoms with E-state index in [1.165, 1.54) is 11.3 Å². The smallest absolute Gasteiger partial charge is 0.395 e. The van der Waals surface area contributed by atoms with E-state index in [-0.39, 0.29) is 5.41 Å². The van der Waals surface area contributed by atoms with E-state index in [1.807, 2.05) is 37.3 Å². The van der Waals surface area contributed by atoms with Gasteiger partial charge in [-0.3, -0.25) is 4.90 Å². The third kappa shape index (κ3) is 2.63. The van der Waals surface area contributed by atoms with Crippen LogP contribution in [0, 0.1) is 6.92 Å². The van der Waals surface area contributed by atoms with Gasteiger partial charge in [-0.1, -0.05) is 19.1 Å². The van der Waals surface area contributed by atoms with Crippen LogP contribution in [0.3, 0.4) is 0 Å². The zero-order chi connectivity index (χ0) is 18.5. The number of carbonyl (C=O) groups excluding carboxylic acids is 1. The van der Waals surface area contributed by atoms with Crippen LogP contribution in [-0.2, 0) is 5.41 Å². The van der Waals surface area contributed by atoms with Gasteiger partial charge in [0, 0.05) is 24.7 Å². The van der Waals surface area contributed by atoms with Crippen molar-refractivity contribution >= 4 is 11.8 Å². The summed E-state index contributed by atoms with van der Waals surface area (Å²) in [5, 5.41) is 0. The van der Waals surface area contributed by atoms with E-state index in [1.54, 1.807) is 12.1 Å². The summed E-state index contributed by atoms with van der Waals surface area (Å²) < 4.78 is 10.7. The van der Waals surface area contributed by atoms with Crippen LogP contribution in [0.25, 0.3) is 0 Å². The standard InChI is InChI=1S/C21H24N2O3/c1-14-6-5-7-15(12-14)25-20(24)26-16-8-9-18-17(13-16)21(2)10-11-22(3)19(21)23(18)4/h5-9,12-13,19H,10-11H2,1-4H3/t19?,21-/m0/s1. The lowest BCUT2D eigenvalue weighted by Crippen LogP contribution is -2.45. The Kier molecular flexibility index (Phi) is 3.92. The fraction of sp³-hybridized carbons (Fsp3) is 0.381. The van der Waals surface area contributed by atoms with Crippen molar-refractivity contribution in [2.45, 2.75) is 31.8 Å². The minimum absolute atomic E-state index is 0.0403. The highest BCUT2D eigenvalue weighted by atomic mass is 16.7. The summed E-state index contributed by atoms with van der Waals surface area (Å²) in [6.45, 7) is 5.30. The molecule has 5 heteroatoms. The van der Waals surface area contributed by atoms with E-state index in [2.05, 4.69) is 30.8 Å². The lowest BCUT2D eigenvalue weighted by molar-refractivity contribution is 0.152. The fourth-order valence-electron chi connectivity index (χ4n) is 4.51. The van der Waals surface area contributed by atoms with E-state index in [9.17, 15) is 4.79 Å². The van der Waals surface area contributed by atoms with Gasteiger partial charge in [0.05, 0.1) is 6.17 Å². The second kappa shape index (κ2) is 6.02. The number of carbonyl (C=O) groups is 1. The summed E-state index contributed by atoms with van der Waals surface area (Å²) >= 11 is 0. The van der Waals surface area contributed by atoms with Crippen molar-refractivity contribution in [3.8, 4) is 11.5 Å². The molecule has 1 saturated heterocycles. The molecule has 136 valence electrons.